The summed E-state index contributed by atoms with van der Waals surface area (Å²) in [5.41, 5.74) is 15.3. The highest BCUT2D eigenvalue weighted by atomic mass is 15.0. The second kappa shape index (κ2) is 13.5. The second-order valence-electron chi connectivity index (χ2n) is 16.7. The van der Waals surface area contributed by atoms with E-state index >= 15 is 0 Å². The SMILES string of the molecule is c1ccc2c(c1)-c1ccc(Cc3cccc4ccccc34)cc1C21c2ccccc2-c2ccc(-c3nc(-c4cccc5ccccc45)nc(-c4cccc5ccccc45)n3)cc21. The van der Waals surface area contributed by atoms with Crippen LogP contribution in [-0.2, 0) is 11.8 Å². The summed E-state index contributed by atoms with van der Waals surface area (Å²) in [5.74, 6) is 1.96. The van der Waals surface area contributed by atoms with Crippen molar-refractivity contribution in [3.8, 4) is 56.4 Å². The normalized spacial score (nSPS) is 14.6. The molecule has 1 heterocycles. The van der Waals surface area contributed by atoms with Gasteiger partial charge >= 0.3 is 0 Å². The zero-order valence-corrected chi connectivity index (χ0v) is 33.8. The lowest BCUT2D eigenvalue weighted by atomic mass is 9.70. The molecule has 11 aromatic rings. The number of hydrogen-bond acceptors (Lipinski definition) is 3. The van der Waals surface area contributed by atoms with Crippen molar-refractivity contribution in [3.63, 3.8) is 0 Å². The van der Waals surface area contributed by atoms with Crippen LogP contribution >= 0.6 is 0 Å². The van der Waals surface area contributed by atoms with E-state index in [1.165, 1.54) is 66.4 Å². The van der Waals surface area contributed by atoms with Crippen molar-refractivity contribution in [3.05, 3.63) is 246 Å². The summed E-state index contributed by atoms with van der Waals surface area (Å²) in [4.78, 5) is 16.0. The number of aromatic nitrogens is 3. The van der Waals surface area contributed by atoms with E-state index in [4.69, 9.17) is 15.0 Å². The highest BCUT2D eigenvalue weighted by Crippen LogP contribution is 2.63. The smallest absolute Gasteiger partial charge is 0.164 e. The predicted octanol–water partition coefficient (Wildman–Crippen LogP) is 14.3. The number of fused-ring (bicyclic) bond motifs is 13. The van der Waals surface area contributed by atoms with Gasteiger partial charge < -0.3 is 0 Å². The van der Waals surface area contributed by atoms with Crippen LogP contribution in [0, 0.1) is 0 Å². The summed E-state index contributed by atoms with van der Waals surface area (Å²) in [5, 5.41) is 7.09. The van der Waals surface area contributed by atoms with E-state index in [9.17, 15) is 0 Å². The standard InChI is InChI=1S/C59H37N3/c1-4-21-43-38(14-1)17-11-20-41(43)34-37-30-32-48-46-24-7-9-28-52(46)59(54(48)35-37)53-29-10-8-25-47(53)49-33-31-42(36-55(49)59)56-60-57(50-26-12-18-39-15-2-5-22-44(39)50)62-58(61-56)51-27-13-19-40-16-3-6-23-45(40)51/h1-33,35-36H,34H2. The van der Waals surface area contributed by atoms with Gasteiger partial charge in [-0.15, -0.1) is 0 Å². The Hall–Kier alpha value is -8.01. The van der Waals surface area contributed by atoms with Crippen molar-refractivity contribution in [1.82, 2.24) is 15.0 Å². The molecule has 0 bridgehead atoms. The van der Waals surface area contributed by atoms with Crippen molar-refractivity contribution in [2.75, 3.05) is 0 Å². The van der Waals surface area contributed by atoms with Gasteiger partial charge in [0.25, 0.3) is 0 Å². The highest BCUT2D eigenvalue weighted by Gasteiger charge is 2.51. The lowest BCUT2D eigenvalue weighted by Gasteiger charge is -2.31. The first kappa shape index (κ1) is 34.8. The minimum absolute atomic E-state index is 0.535. The fourth-order valence-corrected chi connectivity index (χ4v) is 10.7. The number of rotatable bonds is 5. The van der Waals surface area contributed by atoms with Crippen LogP contribution in [0.2, 0.25) is 0 Å². The summed E-state index contributed by atoms with van der Waals surface area (Å²) < 4.78 is 0. The fourth-order valence-electron chi connectivity index (χ4n) is 10.7. The Kier molecular flexibility index (Phi) is 7.58. The average Bonchev–Trinajstić information content (AvgIpc) is 3.80. The average molecular weight is 788 g/mol. The van der Waals surface area contributed by atoms with Gasteiger partial charge in [-0.05, 0) is 100 Å². The molecule has 0 aliphatic heterocycles. The predicted molar refractivity (Wildman–Crippen MR) is 254 cm³/mol. The minimum Gasteiger partial charge on any atom is -0.208 e. The molecule has 0 fully saturated rings. The Balaban J connectivity index is 1.05. The zero-order valence-electron chi connectivity index (χ0n) is 33.8. The maximum absolute atomic E-state index is 5.37. The van der Waals surface area contributed by atoms with Crippen LogP contribution in [-0.4, -0.2) is 15.0 Å². The van der Waals surface area contributed by atoms with Crippen LogP contribution < -0.4 is 0 Å². The third-order valence-corrected chi connectivity index (χ3v) is 13.4. The van der Waals surface area contributed by atoms with Crippen molar-refractivity contribution in [1.29, 1.82) is 0 Å². The lowest BCUT2D eigenvalue weighted by Crippen LogP contribution is -2.26. The molecule has 3 nitrogen and oxygen atoms in total. The second-order valence-corrected chi connectivity index (χ2v) is 16.7. The van der Waals surface area contributed by atoms with E-state index < -0.39 is 5.41 Å². The minimum atomic E-state index is -0.535. The molecule has 3 heteroatoms. The molecule has 1 aromatic heterocycles. The van der Waals surface area contributed by atoms with Crippen molar-refractivity contribution in [2.45, 2.75) is 11.8 Å². The van der Waals surface area contributed by atoms with Crippen molar-refractivity contribution >= 4 is 32.3 Å². The molecule has 1 spiro atoms. The van der Waals surface area contributed by atoms with E-state index in [1.807, 2.05) is 0 Å². The summed E-state index contributed by atoms with van der Waals surface area (Å²) in [6, 6.07) is 77.2. The molecule has 0 saturated heterocycles. The van der Waals surface area contributed by atoms with E-state index in [0.717, 1.165) is 44.7 Å². The molecular weight excluding hydrogens is 751 g/mol. The third kappa shape index (κ3) is 5.09. The molecule has 0 radical (unpaired) electrons. The van der Waals surface area contributed by atoms with Gasteiger partial charge in [0.1, 0.15) is 0 Å². The Morgan fingerprint density at radius 1 is 0.306 bits per heavy atom. The van der Waals surface area contributed by atoms with Gasteiger partial charge in [0.2, 0.25) is 0 Å². The van der Waals surface area contributed by atoms with Crippen LogP contribution in [0.3, 0.4) is 0 Å². The van der Waals surface area contributed by atoms with Gasteiger partial charge in [0.05, 0.1) is 5.41 Å². The summed E-state index contributed by atoms with van der Waals surface area (Å²) in [6.45, 7) is 0. The molecular formula is C59H37N3. The van der Waals surface area contributed by atoms with Gasteiger partial charge in [-0.2, -0.15) is 0 Å². The molecule has 10 aromatic carbocycles. The quantitative estimate of drug-likeness (QED) is 0.174. The zero-order chi connectivity index (χ0) is 40.8. The van der Waals surface area contributed by atoms with Gasteiger partial charge in [-0.3, -0.25) is 0 Å². The fraction of sp³-hybridized carbons (Fsp3) is 0.0339. The summed E-state index contributed by atoms with van der Waals surface area (Å²) in [7, 11) is 0. The Morgan fingerprint density at radius 2 is 0.742 bits per heavy atom. The molecule has 0 N–H and O–H groups in total. The largest absolute Gasteiger partial charge is 0.208 e. The van der Waals surface area contributed by atoms with Crippen LogP contribution in [0.4, 0.5) is 0 Å². The third-order valence-electron chi connectivity index (χ3n) is 13.4. The molecule has 0 saturated carbocycles. The summed E-state index contributed by atoms with van der Waals surface area (Å²) >= 11 is 0. The molecule has 288 valence electrons. The van der Waals surface area contributed by atoms with E-state index in [-0.39, 0.29) is 0 Å². The monoisotopic (exact) mass is 787 g/mol. The van der Waals surface area contributed by atoms with Crippen LogP contribution in [0.5, 0.6) is 0 Å². The maximum Gasteiger partial charge on any atom is 0.164 e. The van der Waals surface area contributed by atoms with Gasteiger partial charge in [-0.1, -0.05) is 206 Å². The van der Waals surface area contributed by atoms with Gasteiger partial charge in [0.15, 0.2) is 17.5 Å². The van der Waals surface area contributed by atoms with Gasteiger partial charge in [0, 0.05) is 16.7 Å². The Labute approximate surface area is 359 Å². The molecule has 2 aliphatic rings. The Bertz CT molecular complexity index is 3510. The van der Waals surface area contributed by atoms with Crippen LogP contribution in [0.1, 0.15) is 33.4 Å². The number of hydrogen-bond donors (Lipinski definition) is 0. The van der Waals surface area contributed by atoms with Crippen LogP contribution in [0.15, 0.2) is 212 Å². The van der Waals surface area contributed by atoms with E-state index in [1.54, 1.807) is 0 Å². The maximum atomic E-state index is 5.37. The first-order valence-corrected chi connectivity index (χ1v) is 21.4. The van der Waals surface area contributed by atoms with Gasteiger partial charge in [-0.25, -0.2) is 15.0 Å². The van der Waals surface area contributed by atoms with Crippen LogP contribution in [0.25, 0.3) is 88.7 Å². The van der Waals surface area contributed by atoms with E-state index in [2.05, 4.69) is 212 Å². The lowest BCUT2D eigenvalue weighted by molar-refractivity contribution is 0.792. The summed E-state index contributed by atoms with van der Waals surface area (Å²) in [6.07, 6.45) is 0.842. The number of benzene rings is 10. The van der Waals surface area contributed by atoms with Crippen molar-refractivity contribution < 1.29 is 0 Å². The first-order valence-electron chi connectivity index (χ1n) is 21.4. The van der Waals surface area contributed by atoms with E-state index in [0.29, 0.717) is 17.5 Å². The molecule has 1 atom stereocenters. The highest BCUT2D eigenvalue weighted by molar-refractivity contribution is 5.99. The molecule has 62 heavy (non-hydrogen) atoms. The van der Waals surface area contributed by atoms with Crippen molar-refractivity contribution in [2.24, 2.45) is 0 Å². The topological polar surface area (TPSA) is 38.7 Å². The Morgan fingerprint density at radius 3 is 1.37 bits per heavy atom. The molecule has 2 aliphatic carbocycles. The molecule has 13 rings (SSSR count). The molecule has 0 amide bonds. The number of nitrogens with zero attached hydrogens (tertiary/aromatic N) is 3. The first-order chi connectivity index (χ1) is 30.7. The molecule has 1 unspecified atom stereocenters.